The largest absolute Gasteiger partial charge is 0.506 e. The molecule has 1 aliphatic heterocycles. The van der Waals surface area contributed by atoms with Gasteiger partial charge in [0.2, 0.25) is 0 Å². The summed E-state index contributed by atoms with van der Waals surface area (Å²) < 4.78 is 10.3. The minimum Gasteiger partial charge on any atom is -0.506 e. The molecule has 0 amide bonds. The Bertz CT molecular complexity index is 1240. The van der Waals surface area contributed by atoms with Crippen LogP contribution < -0.4 is 10.9 Å². The van der Waals surface area contributed by atoms with Gasteiger partial charge < -0.3 is 19.6 Å². The molecule has 0 spiro atoms. The normalized spacial score (nSPS) is 14.2. The number of nitrogens with one attached hydrogen (secondary N) is 1. The van der Waals surface area contributed by atoms with Gasteiger partial charge in [0.25, 0.3) is 0 Å². The van der Waals surface area contributed by atoms with E-state index in [0.717, 1.165) is 32.5 Å². The number of nitrogens with zero attached hydrogens (tertiary/aromatic N) is 1. The number of phenolic OH excluding ortho intramolecular Hbond substituents is 1. The number of carbonyl (C=O) groups is 1. The second kappa shape index (κ2) is 13.3. The second-order valence-corrected chi connectivity index (χ2v) is 9.13. The van der Waals surface area contributed by atoms with Crippen molar-refractivity contribution in [3.8, 4) is 5.75 Å². The number of phenols is 1. The van der Waals surface area contributed by atoms with E-state index >= 15 is 0 Å². The van der Waals surface area contributed by atoms with Crippen molar-refractivity contribution < 1.29 is 19.1 Å². The fourth-order valence-corrected chi connectivity index (χ4v) is 4.73. The van der Waals surface area contributed by atoms with Gasteiger partial charge in [-0.1, -0.05) is 41.9 Å². The van der Waals surface area contributed by atoms with Crippen LogP contribution in [0, 0.1) is 6.92 Å². The monoisotopic (exact) mass is 556 g/mol. The average Bonchev–Trinajstić information content (AvgIpc) is 2.84. The molecule has 3 aromatic rings. The molecule has 0 radical (unpaired) electrons. The Morgan fingerprint density at radius 2 is 1.86 bits per heavy atom. The number of likely N-dealkylation sites (tertiary alicyclic amines) is 1. The molecular formula is C26H31Cl3N2O5. The summed E-state index contributed by atoms with van der Waals surface area (Å²) in [5.74, 6) is -0.633. The van der Waals surface area contributed by atoms with Crippen molar-refractivity contribution in [1.82, 2.24) is 10.2 Å². The van der Waals surface area contributed by atoms with Crippen LogP contribution in [-0.2, 0) is 29.0 Å². The number of hydrogen-bond acceptors (Lipinski definition) is 7. The van der Waals surface area contributed by atoms with Gasteiger partial charge in [-0.3, -0.25) is 9.69 Å². The van der Waals surface area contributed by atoms with E-state index in [1.54, 1.807) is 13.0 Å². The maximum absolute atomic E-state index is 12.6. The molecule has 1 saturated heterocycles. The number of aromatic hydroxyl groups is 1. The number of piperidine rings is 1. The Morgan fingerprint density at radius 1 is 1.19 bits per heavy atom. The molecule has 0 saturated carbocycles. The first-order valence-corrected chi connectivity index (χ1v) is 11.8. The van der Waals surface area contributed by atoms with Gasteiger partial charge in [-0.05, 0) is 50.0 Å². The maximum Gasteiger partial charge on any atom is 0.340 e. The first kappa shape index (κ1) is 29.9. The molecule has 0 bridgehead atoms. The lowest BCUT2D eigenvalue weighted by atomic mass is 10.00. The third kappa shape index (κ3) is 6.72. The lowest BCUT2D eigenvalue weighted by molar-refractivity contribution is -0.139. The summed E-state index contributed by atoms with van der Waals surface area (Å²) in [7, 11) is 1.27. The van der Waals surface area contributed by atoms with Crippen LogP contribution in [0.25, 0.3) is 11.0 Å². The number of esters is 1. The summed E-state index contributed by atoms with van der Waals surface area (Å²) in [6.07, 6.45) is 1.75. The molecular weight excluding hydrogens is 527 g/mol. The van der Waals surface area contributed by atoms with Crippen LogP contribution in [0.4, 0.5) is 0 Å². The Kier molecular flexibility index (Phi) is 11.1. The average molecular weight is 558 g/mol. The molecule has 0 aliphatic carbocycles. The van der Waals surface area contributed by atoms with Gasteiger partial charge in [0.15, 0.2) is 0 Å². The Balaban J connectivity index is 0.00000228. The number of hydrogen-bond donors (Lipinski definition) is 2. The van der Waals surface area contributed by atoms with Crippen LogP contribution in [0.2, 0.25) is 5.02 Å². The predicted octanol–water partition coefficient (Wildman–Crippen LogP) is 4.77. The molecule has 0 unspecified atom stereocenters. The highest BCUT2D eigenvalue weighted by Gasteiger charge is 2.23. The fourth-order valence-electron chi connectivity index (χ4n) is 4.51. The number of carbonyl (C=O) groups excluding carboxylic acids is 1. The zero-order valence-electron chi connectivity index (χ0n) is 20.2. The summed E-state index contributed by atoms with van der Waals surface area (Å²) in [5, 5.41) is 14.9. The van der Waals surface area contributed by atoms with Crippen LogP contribution in [0.5, 0.6) is 5.75 Å². The Morgan fingerprint density at radius 3 is 2.50 bits per heavy atom. The third-order valence-electron chi connectivity index (χ3n) is 6.55. The maximum atomic E-state index is 12.6. The molecule has 1 aromatic heterocycles. The van der Waals surface area contributed by atoms with E-state index in [4.69, 9.17) is 20.8 Å². The minimum absolute atomic E-state index is 0. The summed E-state index contributed by atoms with van der Waals surface area (Å²) >= 11 is 6.31. The van der Waals surface area contributed by atoms with Gasteiger partial charge in [0.1, 0.15) is 11.3 Å². The van der Waals surface area contributed by atoms with E-state index in [2.05, 4.69) is 34.5 Å². The molecule has 196 valence electrons. The zero-order valence-corrected chi connectivity index (χ0v) is 22.6. The van der Waals surface area contributed by atoms with E-state index < -0.39 is 11.6 Å². The van der Waals surface area contributed by atoms with E-state index in [1.165, 1.54) is 12.7 Å². The van der Waals surface area contributed by atoms with Crippen LogP contribution >= 0.6 is 36.4 Å². The van der Waals surface area contributed by atoms with Crippen molar-refractivity contribution in [2.24, 2.45) is 0 Å². The number of ether oxygens (including phenoxy) is 1. The van der Waals surface area contributed by atoms with Gasteiger partial charge in [0, 0.05) is 24.5 Å². The molecule has 2 heterocycles. The van der Waals surface area contributed by atoms with Crippen molar-refractivity contribution >= 4 is 53.4 Å². The van der Waals surface area contributed by atoms with Crippen LogP contribution in [0.3, 0.4) is 0 Å². The van der Waals surface area contributed by atoms with E-state index in [-0.39, 0.29) is 59.2 Å². The van der Waals surface area contributed by atoms with Gasteiger partial charge in [0.05, 0.1) is 29.7 Å². The van der Waals surface area contributed by atoms with Crippen LogP contribution in [0.1, 0.15) is 35.1 Å². The van der Waals surface area contributed by atoms with Gasteiger partial charge >= 0.3 is 11.6 Å². The summed E-state index contributed by atoms with van der Waals surface area (Å²) in [6.45, 7) is 4.93. The predicted molar refractivity (Wildman–Crippen MR) is 146 cm³/mol. The van der Waals surface area contributed by atoms with E-state index in [0.29, 0.717) is 23.1 Å². The van der Waals surface area contributed by atoms with Crippen molar-refractivity contribution in [2.75, 3.05) is 20.2 Å². The summed E-state index contributed by atoms with van der Waals surface area (Å²) in [5.41, 5.74) is 2.24. The topological polar surface area (TPSA) is 92.0 Å². The highest BCUT2D eigenvalue weighted by molar-refractivity contribution is 6.33. The quantitative estimate of drug-likeness (QED) is 0.319. The molecule has 36 heavy (non-hydrogen) atoms. The molecule has 2 aromatic carbocycles. The van der Waals surface area contributed by atoms with E-state index in [9.17, 15) is 14.7 Å². The molecule has 1 fully saturated rings. The zero-order chi connectivity index (χ0) is 24.2. The number of aryl methyl sites for hydroxylation is 1. The molecule has 0 atom stereocenters. The number of rotatable bonds is 7. The second-order valence-electron chi connectivity index (χ2n) is 8.73. The van der Waals surface area contributed by atoms with Crippen molar-refractivity contribution in [2.45, 2.75) is 45.3 Å². The fraction of sp³-hybridized carbons (Fsp3) is 0.385. The molecule has 7 nitrogen and oxygen atoms in total. The van der Waals surface area contributed by atoms with Gasteiger partial charge in [-0.2, -0.15) is 0 Å². The number of methoxy groups -OCH3 is 1. The molecule has 4 rings (SSSR count). The number of fused-ring (bicyclic) bond motifs is 1. The van der Waals surface area contributed by atoms with E-state index in [1.807, 2.05) is 6.07 Å². The van der Waals surface area contributed by atoms with Crippen molar-refractivity contribution in [3.05, 3.63) is 74.1 Å². The number of benzene rings is 2. The van der Waals surface area contributed by atoms with Gasteiger partial charge in [-0.15, -0.1) is 24.8 Å². The van der Waals surface area contributed by atoms with Crippen LogP contribution in [-0.4, -0.2) is 42.2 Å². The Hall–Kier alpha value is -2.29. The SMILES string of the molecule is COC(=O)Cc1c(C)c2cc(Cl)c(O)c(CNC3CCN(Cc4ccccc4)CC3)c2oc1=O.Cl.Cl. The Labute approximate surface area is 227 Å². The van der Waals surface area contributed by atoms with Crippen LogP contribution in [0.15, 0.2) is 45.6 Å². The smallest absolute Gasteiger partial charge is 0.340 e. The van der Waals surface area contributed by atoms with Gasteiger partial charge in [-0.25, -0.2) is 4.79 Å². The molecule has 1 aliphatic rings. The third-order valence-corrected chi connectivity index (χ3v) is 6.84. The lowest BCUT2D eigenvalue weighted by Gasteiger charge is -2.32. The first-order chi connectivity index (χ1) is 16.4. The summed E-state index contributed by atoms with van der Waals surface area (Å²) in [4.78, 5) is 26.8. The molecule has 10 heteroatoms. The standard InChI is InChI=1S/C26H29ClN2O5.2ClH/c1-16-19-12-22(27)24(31)21(25(19)34-26(32)20(16)13-23(30)33-2)14-28-18-8-10-29(11-9-18)15-17-6-4-3-5-7-17;;/h3-7,12,18,28,31H,8-11,13-15H2,1-2H3;2*1H. The first-order valence-electron chi connectivity index (χ1n) is 11.4. The van der Waals surface area contributed by atoms with Crippen molar-refractivity contribution in [1.29, 1.82) is 0 Å². The minimum atomic E-state index is -0.618. The van der Waals surface area contributed by atoms with Crippen molar-refractivity contribution in [3.63, 3.8) is 0 Å². The number of halogens is 3. The highest BCUT2D eigenvalue weighted by Crippen LogP contribution is 2.36. The highest BCUT2D eigenvalue weighted by atomic mass is 35.5. The molecule has 2 N–H and O–H groups in total. The lowest BCUT2D eigenvalue weighted by Crippen LogP contribution is -2.41. The summed E-state index contributed by atoms with van der Waals surface area (Å²) in [6, 6.07) is 12.3.